The second-order valence-electron chi connectivity index (χ2n) is 3.63. The molecule has 0 amide bonds. The van der Waals surface area contributed by atoms with E-state index in [1.165, 1.54) is 12.3 Å². The molecule has 0 aliphatic heterocycles. The summed E-state index contributed by atoms with van der Waals surface area (Å²) in [7, 11) is 1.84. The predicted octanol–water partition coefficient (Wildman–Crippen LogP) is 0.340. The van der Waals surface area contributed by atoms with Crippen molar-refractivity contribution in [2.45, 2.75) is 13.5 Å². The van der Waals surface area contributed by atoms with Gasteiger partial charge in [-0.2, -0.15) is 5.10 Å². The molecule has 0 fully saturated rings. The lowest BCUT2D eigenvalue weighted by Crippen LogP contribution is -2.27. The van der Waals surface area contributed by atoms with E-state index in [4.69, 9.17) is 5.11 Å². The summed E-state index contributed by atoms with van der Waals surface area (Å²) < 4.78 is 1.07. The van der Waals surface area contributed by atoms with E-state index in [1.807, 2.05) is 18.9 Å². The zero-order chi connectivity index (χ0) is 13.0. The second kappa shape index (κ2) is 5.29. The maximum atomic E-state index is 11.7. The first-order valence-electron chi connectivity index (χ1n) is 5.15. The molecule has 1 N–H and O–H groups in total. The molecule has 1 rings (SSSR count). The Labute approximate surface area is 98.8 Å². The molecule has 0 bridgehead atoms. The zero-order valence-corrected chi connectivity index (χ0v) is 9.88. The Morgan fingerprint density at radius 1 is 1.65 bits per heavy atom. The number of nitrogens with zero attached hydrogens (tertiary/aromatic N) is 3. The average molecular weight is 237 g/mol. The molecule has 0 aliphatic carbocycles. The number of aliphatic carboxylic acids is 1. The minimum atomic E-state index is -1.13. The van der Waals surface area contributed by atoms with Gasteiger partial charge in [0, 0.05) is 19.7 Å². The summed E-state index contributed by atoms with van der Waals surface area (Å²) in [5, 5.41) is 12.6. The number of carboxylic acid groups (broad SMARTS) is 1. The molecule has 1 aromatic rings. The smallest absolute Gasteiger partial charge is 0.332 e. The normalized spacial score (nSPS) is 10.0. The molecule has 17 heavy (non-hydrogen) atoms. The van der Waals surface area contributed by atoms with Crippen LogP contribution in [0.4, 0.5) is 5.69 Å². The van der Waals surface area contributed by atoms with Gasteiger partial charge in [-0.3, -0.25) is 4.79 Å². The fraction of sp³-hybridized carbons (Fsp3) is 0.364. The summed E-state index contributed by atoms with van der Waals surface area (Å²) in [5.74, 6) is -1.13. The van der Waals surface area contributed by atoms with E-state index in [0.717, 1.165) is 11.2 Å². The Morgan fingerprint density at radius 3 is 2.76 bits per heavy atom. The molecular weight excluding hydrogens is 222 g/mol. The van der Waals surface area contributed by atoms with Crippen molar-refractivity contribution >= 4 is 11.7 Å². The molecule has 0 spiro atoms. The highest BCUT2D eigenvalue weighted by Crippen LogP contribution is 2.06. The van der Waals surface area contributed by atoms with Gasteiger partial charge in [0.1, 0.15) is 0 Å². The lowest BCUT2D eigenvalue weighted by molar-refractivity contribution is -0.132. The molecule has 6 nitrogen and oxygen atoms in total. The largest absolute Gasteiger partial charge is 0.478 e. The van der Waals surface area contributed by atoms with Gasteiger partial charge in [0.2, 0.25) is 0 Å². The fourth-order valence-electron chi connectivity index (χ4n) is 1.18. The number of carboxylic acids is 1. The number of carbonyl (C=O) groups is 1. The van der Waals surface area contributed by atoms with Crippen LogP contribution in [-0.2, 0) is 11.3 Å². The van der Waals surface area contributed by atoms with Crippen LogP contribution in [0.2, 0.25) is 0 Å². The monoisotopic (exact) mass is 237 g/mol. The van der Waals surface area contributed by atoms with Crippen LogP contribution in [0.15, 0.2) is 29.2 Å². The minimum Gasteiger partial charge on any atom is -0.478 e. The highest BCUT2D eigenvalue weighted by Gasteiger charge is 2.08. The van der Waals surface area contributed by atoms with Crippen LogP contribution in [0.25, 0.3) is 0 Å². The third-order valence-electron chi connectivity index (χ3n) is 2.41. The first kappa shape index (κ1) is 13.0. The molecule has 0 radical (unpaired) electrons. The predicted molar refractivity (Wildman–Crippen MR) is 64.2 cm³/mol. The summed E-state index contributed by atoms with van der Waals surface area (Å²) in [6, 6.07) is 1.42. The van der Waals surface area contributed by atoms with Crippen LogP contribution in [-0.4, -0.2) is 34.4 Å². The highest BCUT2D eigenvalue weighted by molar-refractivity contribution is 5.85. The van der Waals surface area contributed by atoms with Crippen molar-refractivity contribution in [2.24, 2.45) is 0 Å². The standard InChI is InChI=1S/C11H15N3O3/c1-4-13(3)9-5-10(15)14(12-6-9)7-8(2)11(16)17/h5-6H,2,4,7H2,1,3H3,(H,16,17). The van der Waals surface area contributed by atoms with Gasteiger partial charge in [0.25, 0.3) is 5.56 Å². The fourth-order valence-corrected chi connectivity index (χ4v) is 1.18. The molecule has 6 heteroatoms. The van der Waals surface area contributed by atoms with Crippen LogP contribution in [0.5, 0.6) is 0 Å². The van der Waals surface area contributed by atoms with Gasteiger partial charge in [-0.05, 0) is 6.92 Å². The van der Waals surface area contributed by atoms with Gasteiger partial charge >= 0.3 is 5.97 Å². The molecule has 0 aromatic carbocycles. The molecule has 92 valence electrons. The Kier molecular flexibility index (Phi) is 4.03. The van der Waals surface area contributed by atoms with Gasteiger partial charge in [-0.1, -0.05) is 6.58 Å². The van der Waals surface area contributed by atoms with Crippen molar-refractivity contribution in [3.8, 4) is 0 Å². The lowest BCUT2D eigenvalue weighted by Gasteiger charge is -2.16. The average Bonchev–Trinajstić information content (AvgIpc) is 2.30. The molecule has 0 saturated heterocycles. The summed E-state index contributed by atoms with van der Waals surface area (Å²) in [4.78, 5) is 24.1. The van der Waals surface area contributed by atoms with E-state index in [2.05, 4.69) is 11.7 Å². The number of rotatable bonds is 5. The third-order valence-corrected chi connectivity index (χ3v) is 2.41. The number of hydrogen-bond donors (Lipinski definition) is 1. The zero-order valence-electron chi connectivity index (χ0n) is 9.88. The van der Waals surface area contributed by atoms with Gasteiger partial charge in [-0.15, -0.1) is 0 Å². The summed E-state index contributed by atoms with van der Waals surface area (Å²) in [6.45, 7) is 5.96. The van der Waals surface area contributed by atoms with E-state index in [9.17, 15) is 9.59 Å². The molecule has 0 atom stereocenters. The van der Waals surface area contributed by atoms with Gasteiger partial charge in [0.05, 0.1) is 24.0 Å². The van der Waals surface area contributed by atoms with Crippen molar-refractivity contribution in [3.63, 3.8) is 0 Å². The Balaban J connectivity index is 2.95. The lowest BCUT2D eigenvalue weighted by atomic mass is 10.3. The summed E-state index contributed by atoms with van der Waals surface area (Å²) in [5.41, 5.74) is 0.288. The molecule has 1 aromatic heterocycles. The van der Waals surface area contributed by atoms with Crippen LogP contribution in [0, 0.1) is 0 Å². The van der Waals surface area contributed by atoms with E-state index in [0.29, 0.717) is 5.69 Å². The van der Waals surface area contributed by atoms with Gasteiger partial charge in [-0.25, -0.2) is 9.48 Å². The molecular formula is C11H15N3O3. The van der Waals surface area contributed by atoms with E-state index in [1.54, 1.807) is 0 Å². The SMILES string of the molecule is C=C(Cn1ncc(N(C)CC)cc1=O)C(=O)O. The number of anilines is 1. The van der Waals surface area contributed by atoms with Crippen LogP contribution >= 0.6 is 0 Å². The first-order chi connectivity index (χ1) is 7.95. The topological polar surface area (TPSA) is 75.4 Å². The van der Waals surface area contributed by atoms with E-state index < -0.39 is 5.97 Å². The Morgan fingerprint density at radius 2 is 2.29 bits per heavy atom. The van der Waals surface area contributed by atoms with Crippen molar-refractivity contribution in [2.75, 3.05) is 18.5 Å². The number of hydrogen-bond acceptors (Lipinski definition) is 4. The van der Waals surface area contributed by atoms with Crippen LogP contribution < -0.4 is 10.5 Å². The molecule has 1 heterocycles. The minimum absolute atomic E-state index is 0.0730. The number of aromatic nitrogens is 2. The Hall–Kier alpha value is -2.11. The van der Waals surface area contributed by atoms with Gasteiger partial charge < -0.3 is 10.0 Å². The first-order valence-corrected chi connectivity index (χ1v) is 5.15. The van der Waals surface area contributed by atoms with Crippen molar-refractivity contribution in [1.29, 1.82) is 0 Å². The highest BCUT2D eigenvalue weighted by atomic mass is 16.4. The van der Waals surface area contributed by atoms with E-state index >= 15 is 0 Å². The Bertz CT molecular complexity index is 493. The third kappa shape index (κ3) is 3.17. The van der Waals surface area contributed by atoms with Crippen molar-refractivity contribution in [3.05, 3.63) is 34.8 Å². The molecule has 0 unspecified atom stereocenters. The summed E-state index contributed by atoms with van der Waals surface area (Å²) >= 11 is 0. The quantitative estimate of drug-likeness (QED) is 0.747. The van der Waals surface area contributed by atoms with Gasteiger partial charge in [0.15, 0.2) is 0 Å². The summed E-state index contributed by atoms with van der Waals surface area (Å²) in [6.07, 6.45) is 1.53. The maximum Gasteiger partial charge on any atom is 0.332 e. The van der Waals surface area contributed by atoms with Crippen molar-refractivity contribution in [1.82, 2.24) is 9.78 Å². The van der Waals surface area contributed by atoms with E-state index in [-0.39, 0.29) is 17.7 Å². The molecule has 0 aliphatic rings. The second-order valence-corrected chi connectivity index (χ2v) is 3.63. The molecule has 0 saturated carbocycles. The van der Waals surface area contributed by atoms with Crippen LogP contribution in [0.3, 0.4) is 0 Å². The van der Waals surface area contributed by atoms with Crippen LogP contribution in [0.1, 0.15) is 6.92 Å². The van der Waals surface area contributed by atoms with Crippen molar-refractivity contribution < 1.29 is 9.90 Å². The maximum absolute atomic E-state index is 11.7.